The van der Waals surface area contributed by atoms with E-state index in [2.05, 4.69) is 48.5 Å². The number of hydrogen-bond acceptors (Lipinski definition) is 1. The van der Waals surface area contributed by atoms with Crippen LogP contribution >= 0.6 is 0 Å². The molecular formula is C27H48O. The van der Waals surface area contributed by atoms with Gasteiger partial charge < -0.3 is 5.11 Å². The summed E-state index contributed by atoms with van der Waals surface area (Å²) in [5.41, 5.74) is 1.15. The zero-order valence-electron chi connectivity index (χ0n) is 20.0. The quantitative estimate of drug-likeness (QED) is 0.520. The summed E-state index contributed by atoms with van der Waals surface area (Å²) in [5, 5.41) is 11.0. The van der Waals surface area contributed by atoms with Crippen molar-refractivity contribution < 1.29 is 5.11 Å². The molecule has 0 spiro atoms. The molecule has 0 saturated heterocycles. The van der Waals surface area contributed by atoms with Crippen LogP contribution in [0.25, 0.3) is 0 Å². The van der Waals surface area contributed by atoms with Crippen molar-refractivity contribution in [1.29, 1.82) is 0 Å². The summed E-state index contributed by atoms with van der Waals surface area (Å²) in [5.74, 6) is 5.36. The van der Waals surface area contributed by atoms with Crippen LogP contribution in [0.1, 0.15) is 113 Å². The maximum atomic E-state index is 11.0. The highest BCUT2D eigenvalue weighted by molar-refractivity contribution is 5.11. The average molecular weight is 389 g/mol. The van der Waals surface area contributed by atoms with Gasteiger partial charge in [0.1, 0.15) is 0 Å². The maximum Gasteiger partial charge on any atom is 0.0648 e. The maximum absolute atomic E-state index is 11.0. The lowest BCUT2D eigenvalue weighted by atomic mass is 9.43. The molecule has 0 aromatic heterocycles. The van der Waals surface area contributed by atoms with Gasteiger partial charge >= 0.3 is 0 Å². The summed E-state index contributed by atoms with van der Waals surface area (Å²) < 4.78 is 0. The number of hydrogen-bond donors (Lipinski definition) is 1. The first kappa shape index (κ1) is 21.2. The lowest BCUT2D eigenvalue weighted by Crippen LogP contribution is -2.56. The Bertz CT molecular complexity index is 590. The lowest BCUT2D eigenvalue weighted by Gasteiger charge is -2.62. The fourth-order valence-electron chi connectivity index (χ4n) is 9.11. The average Bonchev–Trinajstić information content (AvgIpc) is 2.98. The molecule has 0 aliphatic heterocycles. The molecule has 4 rings (SSSR count). The minimum absolute atomic E-state index is 0.360. The lowest BCUT2D eigenvalue weighted by molar-refractivity contribution is -0.154. The van der Waals surface area contributed by atoms with E-state index in [1.165, 1.54) is 44.9 Å². The van der Waals surface area contributed by atoms with Gasteiger partial charge in [-0.05, 0) is 116 Å². The molecule has 0 heterocycles. The van der Waals surface area contributed by atoms with Gasteiger partial charge in [-0.2, -0.15) is 0 Å². The minimum Gasteiger partial charge on any atom is -0.390 e. The first-order chi connectivity index (χ1) is 12.9. The van der Waals surface area contributed by atoms with Crippen LogP contribution in [0, 0.1) is 51.8 Å². The molecule has 28 heavy (non-hydrogen) atoms. The third-order valence-corrected chi connectivity index (χ3v) is 11.5. The number of fused-ring (bicyclic) bond motifs is 5. The smallest absolute Gasteiger partial charge is 0.0648 e. The molecule has 1 heteroatoms. The molecule has 9 atom stereocenters. The van der Waals surface area contributed by atoms with Gasteiger partial charge in [-0.15, -0.1) is 0 Å². The second-order valence-corrected chi connectivity index (χ2v) is 13.3. The zero-order valence-corrected chi connectivity index (χ0v) is 20.0. The Morgan fingerprint density at radius 2 is 1.57 bits per heavy atom. The molecule has 4 aliphatic carbocycles. The molecule has 1 N–H and O–H groups in total. The Morgan fingerprint density at radius 3 is 2.21 bits per heavy atom. The summed E-state index contributed by atoms with van der Waals surface area (Å²) in [6, 6.07) is 0. The van der Waals surface area contributed by atoms with Crippen LogP contribution in [-0.2, 0) is 0 Å². The molecule has 4 aliphatic rings. The molecular weight excluding hydrogens is 340 g/mol. The molecule has 162 valence electrons. The van der Waals surface area contributed by atoms with Gasteiger partial charge in [0.15, 0.2) is 0 Å². The van der Waals surface area contributed by atoms with E-state index in [9.17, 15) is 5.11 Å². The summed E-state index contributed by atoms with van der Waals surface area (Å²) in [6.07, 6.45) is 13.1. The normalized spacial score (nSPS) is 52.5. The molecule has 0 unspecified atom stereocenters. The summed E-state index contributed by atoms with van der Waals surface area (Å²) in [7, 11) is 0. The first-order valence-electron chi connectivity index (χ1n) is 12.7. The highest BCUT2D eigenvalue weighted by Crippen LogP contribution is 2.69. The topological polar surface area (TPSA) is 20.2 Å². The van der Waals surface area contributed by atoms with Gasteiger partial charge in [-0.3, -0.25) is 0 Å². The predicted octanol–water partition coefficient (Wildman–Crippen LogP) is 7.47. The number of rotatable bonds is 2. The Hall–Kier alpha value is -0.0400. The van der Waals surface area contributed by atoms with Crippen molar-refractivity contribution in [2.45, 2.75) is 118 Å². The SMILES string of the molecule is CC[C@]1(O)CC[C@@]2(C)[C@@H](CC[C@@H]3[C@@H]2CC[C@]2(C)[C@@H]([C@H](C)C(C)(C)C)CC[C@@H]32)C1. The molecule has 4 fully saturated rings. The van der Waals surface area contributed by atoms with E-state index in [-0.39, 0.29) is 5.60 Å². The fourth-order valence-corrected chi connectivity index (χ4v) is 9.11. The number of aliphatic hydroxyl groups is 1. The van der Waals surface area contributed by atoms with Crippen LogP contribution < -0.4 is 0 Å². The zero-order chi connectivity index (χ0) is 20.5. The molecule has 0 aromatic rings. The van der Waals surface area contributed by atoms with Crippen molar-refractivity contribution in [3.05, 3.63) is 0 Å². The molecule has 1 nitrogen and oxygen atoms in total. The highest BCUT2D eigenvalue weighted by atomic mass is 16.3. The summed E-state index contributed by atoms with van der Waals surface area (Å²) in [6.45, 7) is 17.5. The second-order valence-electron chi connectivity index (χ2n) is 13.3. The van der Waals surface area contributed by atoms with Crippen LogP contribution in [0.4, 0.5) is 0 Å². The fraction of sp³-hybridized carbons (Fsp3) is 1.00. The van der Waals surface area contributed by atoms with Crippen molar-refractivity contribution >= 4 is 0 Å². The summed E-state index contributed by atoms with van der Waals surface area (Å²) in [4.78, 5) is 0. The molecule has 0 amide bonds. The van der Waals surface area contributed by atoms with Crippen LogP contribution in [-0.4, -0.2) is 10.7 Å². The van der Waals surface area contributed by atoms with Crippen LogP contribution in [0.5, 0.6) is 0 Å². The molecule has 4 saturated carbocycles. The van der Waals surface area contributed by atoms with Crippen LogP contribution in [0.15, 0.2) is 0 Å². The molecule has 0 bridgehead atoms. The van der Waals surface area contributed by atoms with Crippen LogP contribution in [0.3, 0.4) is 0 Å². The highest BCUT2D eigenvalue weighted by Gasteiger charge is 2.61. The summed E-state index contributed by atoms with van der Waals surface area (Å²) >= 11 is 0. The van der Waals surface area contributed by atoms with E-state index in [1.807, 2.05) is 0 Å². The largest absolute Gasteiger partial charge is 0.390 e. The molecule has 0 radical (unpaired) electrons. The second kappa shape index (κ2) is 6.73. The van der Waals surface area contributed by atoms with Crippen molar-refractivity contribution in [1.82, 2.24) is 0 Å². The van der Waals surface area contributed by atoms with E-state index in [4.69, 9.17) is 0 Å². The van der Waals surface area contributed by atoms with Gasteiger partial charge in [-0.1, -0.05) is 48.5 Å². The van der Waals surface area contributed by atoms with E-state index < -0.39 is 0 Å². The van der Waals surface area contributed by atoms with Gasteiger partial charge in [0, 0.05) is 0 Å². The molecule has 0 aromatic carbocycles. The Labute approximate surface area is 175 Å². The predicted molar refractivity (Wildman–Crippen MR) is 119 cm³/mol. The first-order valence-corrected chi connectivity index (χ1v) is 12.7. The monoisotopic (exact) mass is 388 g/mol. The Morgan fingerprint density at radius 1 is 0.893 bits per heavy atom. The standard InChI is InChI=1S/C27H48O/c1-8-27(28)16-15-25(6)19(17-27)9-10-20-22-12-11-21(18(2)24(3,4)5)26(22,7)14-13-23(20)25/h18-23,28H,8-17H2,1-7H3/t18-,19-,20-,21+,22-,23-,25-,26+,27-/m0/s1. The van der Waals surface area contributed by atoms with Crippen molar-refractivity contribution in [2.24, 2.45) is 51.8 Å². The Kier molecular flexibility index (Phi) is 5.10. The van der Waals surface area contributed by atoms with Crippen molar-refractivity contribution in [3.8, 4) is 0 Å². The third-order valence-electron chi connectivity index (χ3n) is 11.5. The van der Waals surface area contributed by atoms with E-state index in [0.717, 1.165) is 54.8 Å². The van der Waals surface area contributed by atoms with E-state index >= 15 is 0 Å². The van der Waals surface area contributed by atoms with Crippen molar-refractivity contribution in [2.75, 3.05) is 0 Å². The van der Waals surface area contributed by atoms with Crippen LogP contribution in [0.2, 0.25) is 0 Å². The third kappa shape index (κ3) is 3.04. The van der Waals surface area contributed by atoms with Gasteiger partial charge in [-0.25, -0.2) is 0 Å². The van der Waals surface area contributed by atoms with E-state index in [1.54, 1.807) is 0 Å². The van der Waals surface area contributed by atoms with Gasteiger partial charge in [0.05, 0.1) is 5.60 Å². The minimum atomic E-state index is -0.360. The van der Waals surface area contributed by atoms with Crippen molar-refractivity contribution in [3.63, 3.8) is 0 Å². The van der Waals surface area contributed by atoms with Gasteiger partial charge in [0.2, 0.25) is 0 Å². The Balaban J connectivity index is 1.57. The van der Waals surface area contributed by atoms with E-state index in [0.29, 0.717) is 16.2 Å². The van der Waals surface area contributed by atoms with Gasteiger partial charge in [0.25, 0.3) is 0 Å².